The van der Waals surface area contributed by atoms with Crippen molar-refractivity contribution in [2.24, 2.45) is 13.0 Å². The molecule has 5 nitrogen and oxygen atoms in total. The predicted octanol–water partition coefficient (Wildman–Crippen LogP) is 1.52. The summed E-state index contributed by atoms with van der Waals surface area (Å²) in [5.74, 6) is 1.71. The highest BCUT2D eigenvalue weighted by Gasteiger charge is 2.31. The number of imidazole rings is 1. The van der Waals surface area contributed by atoms with Crippen molar-refractivity contribution in [1.29, 1.82) is 0 Å². The summed E-state index contributed by atoms with van der Waals surface area (Å²) in [6.07, 6.45) is 5.99. The van der Waals surface area contributed by atoms with Gasteiger partial charge in [0.25, 0.3) is 0 Å². The Kier molecular flexibility index (Phi) is 4.70. The van der Waals surface area contributed by atoms with Crippen molar-refractivity contribution in [3.8, 4) is 0 Å². The summed E-state index contributed by atoms with van der Waals surface area (Å²) in [5, 5.41) is 13.9. The van der Waals surface area contributed by atoms with Gasteiger partial charge in [-0.2, -0.15) is 0 Å². The average molecular weight is 280 g/mol. The largest absolute Gasteiger partial charge is 0.389 e. The second kappa shape index (κ2) is 6.14. The van der Waals surface area contributed by atoms with Crippen LogP contribution in [0.4, 0.5) is 5.95 Å². The maximum atomic E-state index is 10.5. The van der Waals surface area contributed by atoms with Crippen LogP contribution in [0.3, 0.4) is 0 Å². The van der Waals surface area contributed by atoms with Gasteiger partial charge in [-0.25, -0.2) is 4.98 Å². The molecule has 1 saturated carbocycles. The van der Waals surface area contributed by atoms with Crippen LogP contribution in [0.15, 0.2) is 6.20 Å². The molecular formula is C15H28N4O. The molecule has 1 aliphatic rings. The van der Waals surface area contributed by atoms with Gasteiger partial charge in [-0.15, -0.1) is 0 Å². The topological polar surface area (TPSA) is 53.3 Å². The van der Waals surface area contributed by atoms with Crippen LogP contribution >= 0.6 is 0 Å². The molecule has 2 rings (SSSR count). The summed E-state index contributed by atoms with van der Waals surface area (Å²) in [6, 6.07) is 0. The summed E-state index contributed by atoms with van der Waals surface area (Å²) < 4.78 is 2.08. The fourth-order valence-corrected chi connectivity index (χ4v) is 2.91. The van der Waals surface area contributed by atoms with Crippen molar-refractivity contribution in [2.75, 3.05) is 25.5 Å². The molecule has 20 heavy (non-hydrogen) atoms. The molecule has 0 bridgehead atoms. The van der Waals surface area contributed by atoms with Crippen molar-refractivity contribution in [2.45, 2.75) is 44.8 Å². The zero-order valence-electron chi connectivity index (χ0n) is 13.2. The van der Waals surface area contributed by atoms with Crippen LogP contribution in [0, 0.1) is 5.92 Å². The van der Waals surface area contributed by atoms with Gasteiger partial charge >= 0.3 is 0 Å². The van der Waals surface area contributed by atoms with Crippen molar-refractivity contribution >= 4 is 5.95 Å². The fourth-order valence-electron chi connectivity index (χ4n) is 2.91. The molecule has 0 spiro atoms. The number of aliphatic hydroxyl groups is 1. The van der Waals surface area contributed by atoms with Crippen LogP contribution < -0.4 is 10.2 Å². The lowest BCUT2D eigenvalue weighted by molar-refractivity contribution is -0.00639. The smallest absolute Gasteiger partial charge is 0.204 e. The monoisotopic (exact) mass is 280 g/mol. The molecule has 0 radical (unpaired) electrons. The van der Waals surface area contributed by atoms with E-state index in [-0.39, 0.29) is 0 Å². The number of anilines is 1. The van der Waals surface area contributed by atoms with E-state index in [1.807, 2.05) is 32.2 Å². The highest BCUT2D eigenvalue weighted by atomic mass is 16.3. The van der Waals surface area contributed by atoms with Gasteiger partial charge in [0.05, 0.1) is 17.5 Å². The number of hydrogen-bond donors (Lipinski definition) is 2. The third-order valence-electron chi connectivity index (χ3n) is 4.43. The number of nitrogens with one attached hydrogen (secondary N) is 1. The third-order valence-corrected chi connectivity index (χ3v) is 4.43. The summed E-state index contributed by atoms with van der Waals surface area (Å²) in [5.41, 5.74) is 0.622. The van der Waals surface area contributed by atoms with E-state index in [1.165, 1.54) is 0 Å². The van der Waals surface area contributed by atoms with Gasteiger partial charge in [-0.1, -0.05) is 6.92 Å². The molecule has 1 aromatic rings. The highest BCUT2D eigenvalue weighted by molar-refractivity contribution is 5.30. The van der Waals surface area contributed by atoms with Gasteiger partial charge in [0.15, 0.2) is 0 Å². The zero-order chi connectivity index (χ0) is 14.8. The summed E-state index contributed by atoms with van der Waals surface area (Å²) in [7, 11) is 6.01. The van der Waals surface area contributed by atoms with E-state index in [2.05, 4.69) is 21.8 Å². The van der Waals surface area contributed by atoms with Gasteiger partial charge in [0, 0.05) is 34.2 Å². The number of hydrogen-bond acceptors (Lipinski definition) is 4. The standard InChI is InChI=1S/C15H28N4O/c1-12-5-7-15(20,8-6-12)11-16-9-13-10-17-14(18(2)3)19(13)4/h10,12,16,20H,5-9,11H2,1-4H3. The molecule has 0 aromatic carbocycles. The van der Waals surface area contributed by atoms with Crippen LogP contribution in [-0.4, -0.2) is 40.9 Å². The Morgan fingerprint density at radius 2 is 2.10 bits per heavy atom. The molecule has 1 aliphatic carbocycles. The molecular weight excluding hydrogens is 252 g/mol. The lowest BCUT2D eigenvalue weighted by Crippen LogP contribution is -2.43. The third kappa shape index (κ3) is 3.52. The van der Waals surface area contributed by atoms with Crippen LogP contribution in [0.2, 0.25) is 0 Å². The first kappa shape index (κ1) is 15.3. The van der Waals surface area contributed by atoms with E-state index >= 15 is 0 Å². The first-order chi connectivity index (χ1) is 9.41. The SMILES string of the molecule is CC1CCC(O)(CNCc2cnc(N(C)C)n2C)CC1. The van der Waals surface area contributed by atoms with Crippen molar-refractivity contribution in [3.63, 3.8) is 0 Å². The second-order valence-corrected chi connectivity index (χ2v) is 6.51. The minimum Gasteiger partial charge on any atom is -0.389 e. The molecule has 2 N–H and O–H groups in total. The molecule has 0 unspecified atom stereocenters. The molecule has 5 heteroatoms. The maximum Gasteiger partial charge on any atom is 0.204 e. The normalized spacial score (nSPS) is 26.8. The Bertz CT molecular complexity index is 433. The molecule has 0 atom stereocenters. The predicted molar refractivity (Wildman–Crippen MR) is 81.8 cm³/mol. The van der Waals surface area contributed by atoms with E-state index in [0.29, 0.717) is 6.54 Å². The van der Waals surface area contributed by atoms with Crippen LogP contribution in [0.25, 0.3) is 0 Å². The Balaban J connectivity index is 1.84. The summed E-state index contributed by atoms with van der Waals surface area (Å²) in [6.45, 7) is 3.68. The van der Waals surface area contributed by atoms with Gasteiger partial charge in [0.1, 0.15) is 0 Å². The fraction of sp³-hybridized carbons (Fsp3) is 0.800. The van der Waals surface area contributed by atoms with Crippen LogP contribution in [-0.2, 0) is 13.6 Å². The Hall–Kier alpha value is -1.07. The quantitative estimate of drug-likeness (QED) is 0.858. The van der Waals surface area contributed by atoms with E-state index in [9.17, 15) is 5.11 Å². The minimum absolute atomic E-state index is 0.518. The van der Waals surface area contributed by atoms with Gasteiger partial charge < -0.3 is 19.9 Å². The average Bonchev–Trinajstić information content (AvgIpc) is 2.75. The second-order valence-electron chi connectivity index (χ2n) is 6.51. The van der Waals surface area contributed by atoms with Crippen molar-refractivity contribution < 1.29 is 5.11 Å². The minimum atomic E-state index is -0.518. The Morgan fingerprint density at radius 1 is 1.45 bits per heavy atom. The van der Waals surface area contributed by atoms with Gasteiger partial charge in [-0.3, -0.25) is 0 Å². The number of aromatic nitrogens is 2. The van der Waals surface area contributed by atoms with E-state index < -0.39 is 5.60 Å². The van der Waals surface area contributed by atoms with E-state index in [4.69, 9.17) is 0 Å². The number of rotatable bonds is 5. The Morgan fingerprint density at radius 3 is 2.65 bits per heavy atom. The van der Waals surface area contributed by atoms with Crippen molar-refractivity contribution in [3.05, 3.63) is 11.9 Å². The molecule has 1 aromatic heterocycles. The lowest BCUT2D eigenvalue weighted by Gasteiger charge is -2.35. The molecule has 1 heterocycles. The zero-order valence-corrected chi connectivity index (χ0v) is 13.2. The molecule has 0 saturated heterocycles. The molecule has 1 fully saturated rings. The Labute approximate surface area is 122 Å². The first-order valence-corrected chi connectivity index (χ1v) is 7.52. The summed E-state index contributed by atoms with van der Waals surface area (Å²) in [4.78, 5) is 6.39. The van der Waals surface area contributed by atoms with Crippen molar-refractivity contribution in [1.82, 2.24) is 14.9 Å². The molecule has 0 aliphatic heterocycles. The maximum absolute atomic E-state index is 10.5. The molecule has 0 amide bonds. The first-order valence-electron chi connectivity index (χ1n) is 7.52. The van der Waals surface area contributed by atoms with Crippen LogP contribution in [0.1, 0.15) is 38.3 Å². The van der Waals surface area contributed by atoms with Gasteiger partial charge in [-0.05, 0) is 31.6 Å². The van der Waals surface area contributed by atoms with E-state index in [1.54, 1.807) is 0 Å². The number of nitrogens with zero attached hydrogens (tertiary/aromatic N) is 3. The summed E-state index contributed by atoms with van der Waals surface area (Å²) >= 11 is 0. The molecule has 114 valence electrons. The highest BCUT2D eigenvalue weighted by Crippen LogP contribution is 2.31. The van der Waals surface area contributed by atoms with Crippen LogP contribution in [0.5, 0.6) is 0 Å². The lowest BCUT2D eigenvalue weighted by atomic mass is 9.79. The van der Waals surface area contributed by atoms with E-state index in [0.717, 1.165) is 49.8 Å². The van der Waals surface area contributed by atoms with Gasteiger partial charge in [0.2, 0.25) is 5.95 Å².